The SMILES string of the molecule is Nc1c(N2CCN(CCCCCCC(=O)NO)CC2)ccc(-c2cn(C3CCCC3)nn2)c1-c1ncc(F)cn1. The van der Waals surface area contributed by atoms with E-state index in [0.29, 0.717) is 35.2 Å². The van der Waals surface area contributed by atoms with Crippen molar-refractivity contribution in [3.05, 3.63) is 36.5 Å². The quantitative estimate of drug-likeness (QED) is 0.140. The normalized spacial score (nSPS) is 16.5. The van der Waals surface area contributed by atoms with Gasteiger partial charge in [-0.25, -0.2) is 24.5 Å². The molecule has 11 nitrogen and oxygen atoms in total. The molecule has 2 fully saturated rings. The monoisotopic (exact) mass is 551 g/mol. The number of nitrogen functional groups attached to an aromatic ring is 1. The highest BCUT2D eigenvalue weighted by Crippen LogP contribution is 2.40. The fourth-order valence-electron chi connectivity index (χ4n) is 5.77. The minimum Gasteiger partial charge on any atom is -0.396 e. The Labute approximate surface area is 233 Å². The molecule has 2 aliphatic rings. The third-order valence-electron chi connectivity index (χ3n) is 8.02. The molecule has 1 amide bonds. The zero-order valence-electron chi connectivity index (χ0n) is 22.8. The summed E-state index contributed by atoms with van der Waals surface area (Å²) in [6.07, 6.45) is 13.2. The number of nitrogens with one attached hydrogen (secondary N) is 1. The molecule has 1 aliphatic carbocycles. The first-order valence-corrected chi connectivity index (χ1v) is 14.3. The third kappa shape index (κ3) is 6.56. The standard InChI is InChI=1S/C28H38FN9O2/c29-20-17-31-28(32-18-20)26-22(23-19-38(35-33-23)21-7-4-5-8-21)10-11-24(27(26)30)37-15-13-36(14-16-37)12-6-2-1-3-9-25(39)34-40/h10-11,17-19,21,40H,1-9,12-16,30H2,(H,34,39). The van der Waals surface area contributed by atoms with Crippen LogP contribution in [0, 0.1) is 5.82 Å². The van der Waals surface area contributed by atoms with Crippen molar-refractivity contribution in [3.8, 4) is 22.6 Å². The number of carbonyl (C=O) groups excluding carboxylic acids is 1. The van der Waals surface area contributed by atoms with Crippen molar-refractivity contribution in [2.24, 2.45) is 0 Å². The lowest BCUT2D eigenvalue weighted by Gasteiger charge is -2.37. The molecule has 4 N–H and O–H groups in total. The molecule has 3 heterocycles. The van der Waals surface area contributed by atoms with Gasteiger partial charge in [0, 0.05) is 38.2 Å². The van der Waals surface area contributed by atoms with Crippen LogP contribution in [0.1, 0.15) is 63.8 Å². The number of hydroxylamine groups is 1. The number of unbranched alkanes of at least 4 members (excludes halogenated alkanes) is 3. The summed E-state index contributed by atoms with van der Waals surface area (Å²) in [4.78, 5) is 24.4. The molecule has 1 aliphatic heterocycles. The predicted octanol–water partition coefficient (Wildman–Crippen LogP) is 3.82. The lowest BCUT2D eigenvalue weighted by atomic mass is 9.99. The fourth-order valence-corrected chi connectivity index (χ4v) is 5.77. The lowest BCUT2D eigenvalue weighted by molar-refractivity contribution is -0.129. The van der Waals surface area contributed by atoms with E-state index in [2.05, 4.69) is 30.1 Å². The van der Waals surface area contributed by atoms with Gasteiger partial charge in [0.25, 0.3) is 0 Å². The topological polar surface area (TPSA) is 138 Å². The van der Waals surface area contributed by atoms with E-state index in [1.807, 2.05) is 23.0 Å². The predicted molar refractivity (Wildman–Crippen MR) is 150 cm³/mol. The van der Waals surface area contributed by atoms with E-state index in [0.717, 1.165) is 94.9 Å². The van der Waals surface area contributed by atoms with Crippen LogP contribution >= 0.6 is 0 Å². The maximum absolute atomic E-state index is 13.7. The molecule has 1 aromatic carbocycles. The molecular formula is C28H38FN9O2. The van der Waals surface area contributed by atoms with Gasteiger partial charge in [0.15, 0.2) is 11.6 Å². The number of carbonyl (C=O) groups is 1. The van der Waals surface area contributed by atoms with Gasteiger partial charge in [0.1, 0.15) is 5.69 Å². The molecule has 0 atom stereocenters. The number of anilines is 2. The maximum atomic E-state index is 13.7. The summed E-state index contributed by atoms with van der Waals surface area (Å²) in [5, 5.41) is 17.4. The summed E-state index contributed by atoms with van der Waals surface area (Å²) in [5.74, 6) is -0.465. The summed E-state index contributed by atoms with van der Waals surface area (Å²) in [6.45, 7) is 4.53. The highest BCUT2D eigenvalue weighted by molar-refractivity contribution is 5.93. The van der Waals surface area contributed by atoms with Gasteiger partial charge in [-0.05, 0) is 44.4 Å². The van der Waals surface area contributed by atoms with Gasteiger partial charge in [-0.15, -0.1) is 5.10 Å². The number of hydrogen-bond acceptors (Lipinski definition) is 9. The Bertz CT molecular complexity index is 1270. The minimum atomic E-state index is -0.501. The first-order valence-electron chi connectivity index (χ1n) is 14.3. The van der Waals surface area contributed by atoms with Gasteiger partial charge in [-0.1, -0.05) is 30.9 Å². The summed E-state index contributed by atoms with van der Waals surface area (Å²) in [6, 6.07) is 4.40. The maximum Gasteiger partial charge on any atom is 0.243 e. The Hall–Kier alpha value is -3.64. The first-order chi connectivity index (χ1) is 19.5. The molecule has 0 radical (unpaired) electrons. The highest BCUT2D eigenvalue weighted by Gasteiger charge is 2.25. The minimum absolute atomic E-state index is 0.326. The van der Waals surface area contributed by atoms with Gasteiger partial charge in [-0.3, -0.25) is 14.9 Å². The molecule has 40 heavy (non-hydrogen) atoms. The Morgan fingerprint density at radius 3 is 2.50 bits per heavy atom. The van der Waals surface area contributed by atoms with Crippen molar-refractivity contribution in [2.45, 2.75) is 63.8 Å². The number of piperazine rings is 1. The van der Waals surface area contributed by atoms with E-state index in [-0.39, 0.29) is 5.91 Å². The molecule has 214 valence electrons. The molecule has 1 saturated heterocycles. The van der Waals surface area contributed by atoms with Crippen molar-refractivity contribution in [1.82, 2.24) is 35.3 Å². The summed E-state index contributed by atoms with van der Waals surface area (Å²) in [5.41, 5.74) is 12.1. The molecule has 0 unspecified atom stereocenters. The van der Waals surface area contributed by atoms with Crippen LogP contribution in [0.3, 0.4) is 0 Å². The Morgan fingerprint density at radius 2 is 1.77 bits per heavy atom. The van der Waals surface area contributed by atoms with Crippen LogP contribution in [0.4, 0.5) is 15.8 Å². The van der Waals surface area contributed by atoms with Gasteiger partial charge in [-0.2, -0.15) is 0 Å². The van der Waals surface area contributed by atoms with Crippen molar-refractivity contribution < 1.29 is 14.4 Å². The average molecular weight is 552 g/mol. The molecule has 2 aromatic heterocycles. The van der Waals surface area contributed by atoms with Crippen molar-refractivity contribution in [2.75, 3.05) is 43.4 Å². The number of benzene rings is 1. The second-order valence-corrected chi connectivity index (χ2v) is 10.7. The smallest absolute Gasteiger partial charge is 0.243 e. The highest BCUT2D eigenvalue weighted by atomic mass is 19.1. The number of nitrogens with two attached hydrogens (primary N) is 1. The third-order valence-corrected chi connectivity index (χ3v) is 8.02. The molecule has 3 aromatic rings. The molecule has 1 saturated carbocycles. The molecule has 0 spiro atoms. The number of nitrogens with zero attached hydrogens (tertiary/aromatic N) is 7. The van der Waals surface area contributed by atoms with Gasteiger partial charge >= 0.3 is 0 Å². The first kappa shape index (κ1) is 27.9. The number of halogens is 1. The van der Waals surface area contributed by atoms with E-state index in [1.54, 1.807) is 5.48 Å². The summed E-state index contributed by atoms with van der Waals surface area (Å²) in [7, 11) is 0. The number of rotatable bonds is 11. The largest absolute Gasteiger partial charge is 0.396 e. The summed E-state index contributed by atoms with van der Waals surface area (Å²) >= 11 is 0. The molecule has 12 heteroatoms. The van der Waals surface area contributed by atoms with Crippen LogP contribution < -0.4 is 16.1 Å². The van der Waals surface area contributed by atoms with Crippen LogP contribution in [0.5, 0.6) is 0 Å². The number of amides is 1. The van der Waals surface area contributed by atoms with E-state index >= 15 is 0 Å². The van der Waals surface area contributed by atoms with Crippen LogP contribution in [-0.2, 0) is 4.79 Å². The van der Waals surface area contributed by atoms with Crippen molar-refractivity contribution in [1.29, 1.82) is 0 Å². The molecular weight excluding hydrogens is 513 g/mol. The average Bonchev–Trinajstić information content (AvgIpc) is 3.68. The molecule has 0 bridgehead atoms. The zero-order valence-corrected chi connectivity index (χ0v) is 22.8. The van der Waals surface area contributed by atoms with Gasteiger partial charge in [0.2, 0.25) is 5.91 Å². The van der Waals surface area contributed by atoms with E-state index < -0.39 is 5.82 Å². The van der Waals surface area contributed by atoms with Crippen LogP contribution in [0.2, 0.25) is 0 Å². The second kappa shape index (κ2) is 13.1. The van der Waals surface area contributed by atoms with E-state index in [9.17, 15) is 9.18 Å². The van der Waals surface area contributed by atoms with E-state index in [1.165, 1.54) is 12.8 Å². The Morgan fingerprint density at radius 1 is 1.05 bits per heavy atom. The summed E-state index contributed by atoms with van der Waals surface area (Å²) < 4.78 is 15.6. The number of hydrogen-bond donors (Lipinski definition) is 3. The van der Waals surface area contributed by atoms with Gasteiger partial charge < -0.3 is 10.6 Å². The lowest BCUT2D eigenvalue weighted by Crippen LogP contribution is -2.46. The molecule has 5 rings (SSSR count). The van der Waals surface area contributed by atoms with Crippen LogP contribution in [0.25, 0.3) is 22.6 Å². The van der Waals surface area contributed by atoms with Gasteiger partial charge in [0.05, 0.1) is 41.6 Å². The van der Waals surface area contributed by atoms with E-state index in [4.69, 9.17) is 10.9 Å². The number of aromatic nitrogens is 5. The Kier molecular flexibility index (Phi) is 9.17. The fraction of sp³-hybridized carbons (Fsp3) is 0.536. The zero-order chi connectivity index (χ0) is 27.9. The second-order valence-electron chi connectivity index (χ2n) is 10.7. The van der Waals surface area contributed by atoms with Crippen molar-refractivity contribution in [3.63, 3.8) is 0 Å². The Balaban J connectivity index is 1.27. The van der Waals surface area contributed by atoms with Crippen LogP contribution in [-0.4, -0.2) is 73.7 Å². The van der Waals surface area contributed by atoms with Crippen LogP contribution in [0.15, 0.2) is 30.7 Å². The van der Waals surface area contributed by atoms with Crippen molar-refractivity contribution >= 4 is 17.3 Å².